The summed E-state index contributed by atoms with van der Waals surface area (Å²) in [7, 11) is 0. The van der Waals surface area contributed by atoms with Crippen LogP contribution in [-0.4, -0.2) is 94.4 Å². The third kappa shape index (κ3) is 22.8. The molecule has 0 radical (unpaired) electrons. The van der Waals surface area contributed by atoms with Gasteiger partial charge in [-0.3, -0.25) is 9.59 Å². The first-order valence-corrected chi connectivity index (χ1v) is 21.8. The average molecular weight is 822 g/mol. The summed E-state index contributed by atoms with van der Waals surface area (Å²) in [6.45, 7) is 15.5. The number of amides is 3. The molecule has 13 nitrogen and oxygen atoms in total. The van der Waals surface area contributed by atoms with E-state index >= 15 is 0 Å². The molecule has 1 aromatic rings. The zero-order valence-corrected chi connectivity index (χ0v) is 37.1. The minimum absolute atomic E-state index is 0.0234. The third-order valence-electron chi connectivity index (χ3n) is 10.1. The van der Waals surface area contributed by atoms with Crippen molar-refractivity contribution in [3.05, 3.63) is 35.9 Å². The van der Waals surface area contributed by atoms with Gasteiger partial charge in [0.15, 0.2) is 6.04 Å². The molecule has 334 valence electrons. The van der Waals surface area contributed by atoms with Gasteiger partial charge in [-0.15, -0.1) is 0 Å². The normalized spacial score (nSPS) is 15.9. The minimum atomic E-state index is -1.51. The molecule has 1 aromatic carbocycles. The summed E-state index contributed by atoms with van der Waals surface area (Å²) in [4.78, 5) is 54.0. The van der Waals surface area contributed by atoms with Gasteiger partial charge < -0.3 is 45.5 Å². The predicted octanol–water partition coefficient (Wildman–Crippen LogP) is 6.73. The SMILES string of the molecule is CCCCCCCCCCCCC[C@@H](OC(=O)[C@H](COCc1ccccc1)NC(=O)[C@@H](NC(=O)[C@H](CC(C)C)NC(=O)OC(C)(C)C)[C@@H](C)O)[C@H](C)[C@@H](O)[C@@H](C)CO. The van der Waals surface area contributed by atoms with Crippen LogP contribution in [0.1, 0.15) is 151 Å². The van der Waals surface area contributed by atoms with Gasteiger partial charge in [0, 0.05) is 18.4 Å². The van der Waals surface area contributed by atoms with E-state index in [-0.39, 0.29) is 32.2 Å². The summed E-state index contributed by atoms with van der Waals surface area (Å²) in [5.41, 5.74) is 0.0312. The van der Waals surface area contributed by atoms with Crippen LogP contribution in [-0.2, 0) is 35.2 Å². The van der Waals surface area contributed by atoms with Crippen LogP contribution in [0, 0.1) is 17.8 Å². The second-order valence-electron chi connectivity index (χ2n) is 17.4. The highest BCUT2D eigenvalue weighted by atomic mass is 16.6. The zero-order valence-electron chi connectivity index (χ0n) is 37.1. The monoisotopic (exact) mass is 822 g/mol. The largest absolute Gasteiger partial charge is 0.460 e. The predicted molar refractivity (Wildman–Crippen MR) is 227 cm³/mol. The summed E-state index contributed by atoms with van der Waals surface area (Å²) in [5.74, 6) is -3.39. The lowest BCUT2D eigenvalue weighted by molar-refractivity contribution is -0.161. The second-order valence-corrected chi connectivity index (χ2v) is 17.4. The number of nitrogens with one attached hydrogen (secondary N) is 3. The molecule has 3 amide bonds. The molecule has 6 N–H and O–H groups in total. The van der Waals surface area contributed by atoms with E-state index in [4.69, 9.17) is 14.2 Å². The van der Waals surface area contributed by atoms with Crippen molar-refractivity contribution in [2.75, 3.05) is 13.2 Å². The molecule has 58 heavy (non-hydrogen) atoms. The molecular weight excluding hydrogens is 743 g/mol. The Labute approximate surface area is 349 Å². The Bertz CT molecular complexity index is 1290. The van der Waals surface area contributed by atoms with Crippen molar-refractivity contribution in [2.24, 2.45) is 17.8 Å². The quantitative estimate of drug-likeness (QED) is 0.0358. The van der Waals surface area contributed by atoms with Crippen molar-refractivity contribution in [2.45, 2.75) is 194 Å². The maximum atomic E-state index is 14.0. The van der Waals surface area contributed by atoms with Crippen molar-refractivity contribution in [3.63, 3.8) is 0 Å². The van der Waals surface area contributed by atoms with E-state index in [1.807, 2.05) is 44.2 Å². The first-order valence-electron chi connectivity index (χ1n) is 21.8. The summed E-state index contributed by atoms with van der Waals surface area (Å²) in [6.07, 6.45) is 9.45. The van der Waals surface area contributed by atoms with Crippen molar-refractivity contribution in [1.82, 2.24) is 16.0 Å². The maximum absolute atomic E-state index is 14.0. The van der Waals surface area contributed by atoms with Crippen molar-refractivity contribution < 1.29 is 48.7 Å². The third-order valence-corrected chi connectivity index (χ3v) is 10.1. The Kier molecular flexibility index (Phi) is 26.4. The summed E-state index contributed by atoms with van der Waals surface area (Å²) >= 11 is 0. The van der Waals surface area contributed by atoms with Gasteiger partial charge in [0.1, 0.15) is 23.8 Å². The van der Waals surface area contributed by atoms with Crippen LogP contribution in [0.15, 0.2) is 30.3 Å². The van der Waals surface area contributed by atoms with Gasteiger partial charge in [0.2, 0.25) is 11.8 Å². The zero-order chi connectivity index (χ0) is 43.7. The minimum Gasteiger partial charge on any atom is -0.460 e. The molecule has 0 aliphatic rings. The Hall–Kier alpha value is -3.26. The first kappa shape index (κ1) is 52.8. The number of esters is 1. The van der Waals surface area contributed by atoms with E-state index in [9.17, 15) is 34.5 Å². The number of alkyl carbamates (subject to hydrolysis) is 1. The number of unbranched alkanes of at least 4 members (excludes halogenated alkanes) is 10. The lowest BCUT2D eigenvalue weighted by Crippen LogP contribution is -2.60. The van der Waals surface area contributed by atoms with Crippen LogP contribution in [0.25, 0.3) is 0 Å². The molecule has 0 saturated carbocycles. The topological polar surface area (TPSA) is 193 Å². The average Bonchev–Trinajstić information content (AvgIpc) is 3.16. The Morgan fingerprint density at radius 2 is 1.31 bits per heavy atom. The van der Waals surface area contributed by atoms with Gasteiger partial charge in [0.05, 0.1) is 25.4 Å². The fourth-order valence-corrected chi connectivity index (χ4v) is 6.63. The van der Waals surface area contributed by atoms with E-state index in [2.05, 4.69) is 22.9 Å². The molecule has 13 heteroatoms. The molecule has 0 heterocycles. The Morgan fingerprint density at radius 3 is 1.83 bits per heavy atom. The van der Waals surface area contributed by atoms with Crippen LogP contribution in [0.4, 0.5) is 4.79 Å². The Balaban J connectivity index is 3.19. The van der Waals surface area contributed by atoms with Gasteiger partial charge in [0.25, 0.3) is 0 Å². The summed E-state index contributed by atoms with van der Waals surface area (Å²) in [5, 5.41) is 39.3. The van der Waals surface area contributed by atoms with Gasteiger partial charge in [-0.05, 0) is 58.4 Å². The molecule has 1 rings (SSSR count). The van der Waals surface area contributed by atoms with E-state index in [1.165, 1.54) is 51.9 Å². The van der Waals surface area contributed by atoms with E-state index in [0.717, 1.165) is 31.2 Å². The number of carbonyl (C=O) groups is 4. The van der Waals surface area contributed by atoms with Crippen LogP contribution < -0.4 is 16.0 Å². The number of aliphatic hydroxyl groups excluding tert-OH is 3. The molecule has 0 aromatic heterocycles. The van der Waals surface area contributed by atoms with Gasteiger partial charge >= 0.3 is 12.1 Å². The molecular formula is C45H79N3O10. The standard InChI is InChI=1S/C45H79N3O10/c1-10-11-12-13-14-15-16-17-18-19-23-26-38(33(5)40(51)32(4)28-49)57-43(54)37(30-56-29-35-24-21-20-22-25-35)46-42(53)39(34(6)50)48-41(52)36(27-31(2)3)47-44(55)58-45(7,8)9/h20-22,24-25,31-34,36-40,49-51H,10-19,23,26-30H2,1-9H3,(H,46,53)(H,47,55)(H,48,52)/t32-,33-,34+,36-,37-,38+,39-,40-/m0/s1. The molecule has 0 unspecified atom stereocenters. The number of aliphatic hydroxyl groups is 3. The number of hydrogen-bond donors (Lipinski definition) is 6. The number of hydrogen-bond acceptors (Lipinski definition) is 10. The van der Waals surface area contributed by atoms with E-state index in [1.54, 1.807) is 34.6 Å². The van der Waals surface area contributed by atoms with Crippen LogP contribution in [0.3, 0.4) is 0 Å². The molecule has 0 bridgehead atoms. The lowest BCUT2D eigenvalue weighted by Gasteiger charge is -2.32. The van der Waals surface area contributed by atoms with Crippen molar-refractivity contribution in [1.29, 1.82) is 0 Å². The first-order chi connectivity index (χ1) is 27.4. The highest BCUT2D eigenvalue weighted by molar-refractivity contribution is 5.93. The number of carbonyl (C=O) groups excluding carboxylic acids is 4. The number of ether oxygens (including phenoxy) is 3. The molecule has 0 spiro atoms. The number of benzene rings is 1. The molecule has 0 saturated heterocycles. The summed E-state index contributed by atoms with van der Waals surface area (Å²) < 4.78 is 17.3. The maximum Gasteiger partial charge on any atom is 0.408 e. The number of rotatable bonds is 30. The summed E-state index contributed by atoms with van der Waals surface area (Å²) in [6, 6.07) is 5.36. The molecule has 0 aliphatic carbocycles. The Morgan fingerprint density at radius 1 is 0.741 bits per heavy atom. The fraction of sp³-hybridized carbons (Fsp3) is 0.778. The van der Waals surface area contributed by atoms with Crippen molar-refractivity contribution >= 4 is 23.9 Å². The van der Waals surface area contributed by atoms with Crippen LogP contribution in [0.5, 0.6) is 0 Å². The van der Waals surface area contributed by atoms with E-state index in [0.29, 0.717) is 6.42 Å². The lowest BCUT2D eigenvalue weighted by atomic mass is 9.87. The molecule has 0 fully saturated rings. The van der Waals surface area contributed by atoms with Gasteiger partial charge in [-0.25, -0.2) is 9.59 Å². The van der Waals surface area contributed by atoms with Crippen LogP contribution in [0.2, 0.25) is 0 Å². The van der Waals surface area contributed by atoms with Gasteiger partial charge in [-0.1, -0.05) is 129 Å². The highest BCUT2D eigenvalue weighted by Crippen LogP contribution is 2.24. The smallest absolute Gasteiger partial charge is 0.408 e. The molecule has 8 atom stereocenters. The van der Waals surface area contributed by atoms with Gasteiger partial charge in [-0.2, -0.15) is 0 Å². The molecule has 0 aliphatic heterocycles. The highest BCUT2D eigenvalue weighted by Gasteiger charge is 2.36. The van der Waals surface area contributed by atoms with Crippen molar-refractivity contribution in [3.8, 4) is 0 Å². The van der Waals surface area contributed by atoms with E-state index < -0.39 is 77.8 Å². The second kappa shape index (κ2) is 29.0. The van der Waals surface area contributed by atoms with Crippen LogP contribution >= 0.6 is 0 Å². The fourth-order valence-electron chi connectivity index (χ4n) is 6.63.